The minimum atomic E-state index is 0.265. The van der Waals surface area contributed by atoms with E-state index in [2.05, 4.69) is 27.3 Å². The number of nitrogens with zero attached hydrogens (tertiary/aromatic N) is 3. The molecule has 1 unspecified atom stereocenters. The molecule has 2 heterocycles. The van der Waals surface area contributed by atoms with Crippen molar-refractivity contribution in [3.63, 3.8) is 0 Å². The van der Waals surface area contributed by atoms with Crippen molar-refractivity contribution in [1.82, 2.24) is 20.4 Å². The molecule has 5 heteroatoms. The van der Waals surface area contributed by atoms with Crippen LogP contribution in [-0.4, -0.2) is 41.2 Å². The quantitative estimate of drug-likeness (QED) is 0.914. The van der Waals surface area contributed by atoms with Crippen molar-refractivity contribution < 1.29 is 4.52 Å². The van der Waals surface area contributed by atoms with Crippen LogP contribution in [0.4, 0.5) is 0 Å². The van der Waals surface area contributed by atoms with E-state index in [1.165, 1.54) is 32.1 Å². The molecule has 2 fully saturated rings. The van der Waals surface area contributed by atoms with Crippen LogP contribution in [0.2, 0.25) is 0 Å². The monoisotopic (exact) mass is 278 g/mol. The summed E-state index contributed by atoms with van der Waals surface area (Å²) in [5.41, 5.74) is 0. The second-order valence-electron chi connectivity index (χ2n) is 6.22. The average Bonchev–Trinajstić information content (AvgIpc) is 2.97. The van der Waals surface area contributed by atoms with E-state index in [1.54, 1.807) is 0 Å². The molecule has 0 radical (unpaired) electrons. The molecule has 20 heavy (non-hydrogen) atoms. The smallest absolute Gasteiger partial charge is 0.226 e. The summed E-state index contributed by atoms with van der Waals surface area (Å²) in [5, 5.41) is 7.58. The number of rotatable bonds is 4. The van der Waals surface area contributed by atoms with Gasteiger partial charge in [-0.3, -0.25) is 4.90 Å². The van der Waals surface area contributed by atoms with E-state index in [0.717, 1.165) is 50.2 Å². The van der Waals surface area contributed by atoms with Gasteiger partial charge < -0.3 is 9.84 Å². The van der Waals surface area contributed by atoms with E-state index in [-0.39, 0.29) is 6.04 Å². The molecule has 1 aliphatic heterocycles. The maximum Gasteiger partial charge on any atom is 0.226 e. The highest BCUT2D eigenvalue weighted by molar-refractivity contribution is 4.95. The normalized spacial score (nSPS) is 23.9. The minimum Gasteiger partial charge on any atom is -0.339 e. The van der Waals surface area contributed by atoms with Crippen molar-refractivity contribution in [2.75, 3.05) is 26.2 Å². The van der Waals surface area contributed by atoms with Gasteiger partial charge >= 0.3 is 0 Å². The van der Waals surface area contributed by atoms with Gasteiger partial charge in [0.25, 0.3) is 0 Å². The Kier molecular flexibility index (Phi) is 4.68. The van der Waals surface area contributed by atoms with E-state index in [0.29, 0.717) is 0 Å². The predicted octanol–water partition coefficient (Wildman–Crippen LogP) is 2.16. The Morgan fingerprint density at radius 3 is 2.75 bits per heavy atom. The van der Waals surface area contributed by atoms with Gasteiger partial charge in [0.1, 0.15) is 0 Å². The lowest BCUT2D eigenvalue weighted by Crippen LogP contribution is -2.44. The highest BCUT2D eigenvalue weighted by atomic mass is 16.5. The fourth-order valence-electron chi connectivity index (χ4n) is 3.39. The van der Waals surface area contributed by atoms with Crippen LogP contribution in [0.3, 0.4) is 0 Å². The summed E-state index contributed by atoms with van der Waals surface area (Å²) in [7, 11) is 0. The molecule has 1 N–H and O–H groups in total. The van der Waals surface area contributed by atoms with Crippen LogP contribution >= 0.6 is 0 Å². The maximum atomic E-state index is 5.48. The Morgan fingerprint density at radius 2 is 2.00 bits per heavy atom. The molecule has 112 valence electrons. The molecule has 1 saturated carbocycles. The van der Waals surface area contributed by atoms with E-state index in [1.807, 2.05) is 0 Å². The van der Waals surface area contributed by atoms with E-state index >= 15 is 0 Å². The molecule has 1 atom stereocenters. The lowest BCUT2D eigenvalue weighted by Gasteiger charge is -2.30. The average molecular weight is 278 g/mol. The van der Waals surface area contributed by atoms with Gasteiger partial charge in [-0.25, -0.2) is 0 Å². The Morgan fingerprint density at radius 1 is 1.25 bits per heavy atom. The second-order valence-corrected chi connectivity index (χ2v) is 6.22. The fourth-order valence-corrected chi connectivity index (χ4v) is 3.39. The number of piperazine rings is 1. The standard InChI is InChI=1S/C15H26N4O/c1-12(19-9-7-16-8-10-19)15-17-14(20-18-15)11-13-5-3-2-4-6-13/h12-13,16H,2-11H2,1H3. The first-order valence-electron chi connectivity index (χ1n) is 8.10. The lowest BCUT2D eigenvalue weighted by molar-refractivity contribution is 0.176. The first-order chi connectivity index (χ1) is 9.83. The van der Waals surface area contributed by atoms with Crippen LogP contribution in [0.5, 0.6) is 0 Å². The van der Waals surface area contributed by atoms with Crippen molar-refractivity contribution in [3.05, 3.63) is 11.7 Å². The number of hydrogen-bond acceptors (Lipinski definition) is 5. The Hall–Kier alpha value is -0.940. The maximum absolute atomic E-state index is 5.48. The van der Waals surface area contributed by atoms with Crippen LogP contribution in [0.15, 0.2) is 4.52 Å². The predicted molar refractivity (Wildman–Crippen MR) is 77.4 cm³/mol. The summed E-state index contributed by atoms with van der Waals surface area (Å²) in [6.45, 7) is 6.41. The zero-order valence-electron chi connectivity index (χ0n) is 12.5. The van der Waals surface area contributed by atoms with Crippen LogP contribution in [-0.2, 0) is 6.42 Å². The molecule has 1 aliphatic carbocycles. The van der Waals surface area contributed by atoms with Crippen LogP contribution in [0.25, 0.3) is 0 Å². The summed E-state index contributed by atoms with van der Waals surface area (Å²) in [6, 6.07) is 0.265. The number of hydrogen-bond donors (Lipinski definition) is 1. The van der Waals surface area contributed by atoms with Crippen LogP contribution in [0, 0.1) is 5.92 Å². The largest absolute Gasteiger partial charge is 0.339 e. The van der Waals surface area contributed by atoms with Crippen molar-refractivity contribution in [3.8, 4) is 0 Å². The van der Waals surface area contributed by atoms with Gasteiger partial charge in [0, 0.05) is 32.6 Å². The zero-order chi connectivity index (χ0) is 13.8. The van der Waals surface area contributed by atoms with Gasteiger partial charge in [-0.05, 0) is 25.7 Å². The highest BCUT2D eigenvalue weighted by Gasteiger charge is 2.23. The van der Waals surface area contributed by atoms with Gasteiger partial charge in [-0.1, -0.05) is 24.4 Å². The molecule has 1 saturated heterocycles. The molecule has 0 aromatic carbocycles. The highest BCUT2D eigenvalue weighted by Crippen LogP contribution is 2.27. The summed E-state index contributed by atoms with van der Waals surface area (Å²) in [5.74, 6) is 2.46. The van der Waals surface area contributed by atoms with Crippen LogP contribution < -0.4 is 5.32 Å². The molecule has 2 aliphatic rings. The van der Waals surface area contributed by atoms with E-state index in [9.17, 15) is 0 Å². The van der Waals surface area contributed by atoms with E-state index < -0.39 is 0 Å². The van der Waals surface area contributed by atoms with Gasteiger partial charge in [-0.15, -0.1) is 0 Å². The Bertz CT molecular complexity index is 408. The first-order valence-corrected chi connectivity index (χ1v) is 8.10. The van der Waals surface area contributed by atoms with Crippen molar-refractivity contribution >= 4 is 0 Å². The second kappa shape index (κ2) is 6.68. The third-order valence-electron chi connectivity index (χ3n) is 4.74. The van der Waals surface area contributed by atoms with Gasteiger partial charge in [0.2, 0.25) is 5.89 Å². The summed E-state index contributed by atoms with van der Waals surface area (Å²) in [4.78, 5) is 7.06. The van der Waals surface area contributed by atoms with Gasteiger partial charge in [-0.2, -0.15) is 4.98 Å². The molecule has 3 rings (SSSR count). The summed E-state index contributed by atoms with van der Waals surface area (Å²) < 4.78 is 5.48. The first kappa shape index (κ1) is 14.0. The Labute approximate surface area is 121 Å². The van der Waals surface area contributed by atoms with E-state index in [4.69, 9.17) is 4.52 Å². The third-order valence-corrected chi connectivity index (χ3v) is 4.74. The topological polar surface area (TPSA) is 54.2 Å². The number of nitrogens with one attached hydrogen (secondary N) is 1. The molecular formula is C15H26N4O. The third kappa shape index (κ3) is 3.38. The lowest BCUT2D eigenvalue weighted by atomic mass is 9.87. The SMILES string of the molecule is CC(c1noc(CC2CCCCC2)n1)N1CCNCC1. The minimum absolute atomic E-state index is 0.265. The molecule has 1 aromatic rings. The molecular weight excluding hydrogens is 252 g/mol. The zero-order valence-corrected chi connectivity index (χ0v) is 12.5. The van der Waals surface area contributed by atoms with Crippen molar-refractivity contribution in [2.24, 2.45) is 5.92 Å². The molecule has 1 aromatic heterocycles. The van der Waals surface area contributed by atoms with Gasteiger partial charge in [0.15, 0.2) is 5.82 Å². The van der Waals surface area contributed by atoms with Crippen molar-refractivity contribution in [2.45, 2.75) is 51.5 Å². The summed E-state index contributed by atoms with van der Waals surface area (Å²) >= 11 is 0. The van der Waals surface area contributed by atoms with Crippen molar-refractivity contribution in [1.29, 1.82) is 0 Å². The number of aromatic nitrogens is 2. The van der Waals surface area contributed by atoms with Gasteiger partial charge in [0.05, 0.1) is 6.04 Å². The molecule has 0 spiro atoms. The molecule has 0 amide bonds. The molecule has 5 nitrogen and oxygen atoms in total. The fraction of sp³-hybridized carbons (Fsp3) is 0.867. The van der Waals surface area contributed by atoms with Crippen LogP contribution in [0.1, 0.15) is 56.8 Å². The Balaban J connectivity index is 1.57. The summed E-state index contributed by atoms with van der Waals surface area (Å²) in [6.07, 6.45) is 7.74. The molecule has 0 bridgehead atoms.